The van der Waals surface area contributed by atoms with Crippen molar-refractivity contribution in [1.82, 2.24) is 0 Å². The SMILES string of the molecule is COC(=O)C[C@@]12C(=O)C=C(C/C=C(\C)CCC=C(C)C)C(=O)[C@H]1CC=C(C)[C@H]2CC=C(C)C. The Bertz CT molecular complexity index is 933. The van der Waals surface area contributed by atoms with Gasteiger partial charge in [0.15, 0.2) is 11.6 Å². The normalized spacial score (nSPS) is 25.0. The summed E-state index contributed by atoms with van der Waals surface area (Å²) in [5.74, 6) is -1.27. The van der Waals surface area contributed by atoms with Gasteiger partial charge in [0.1, 0.15) is 0 Å². The van der Waals surface area contributed by atoms with E-state index in [1.165, 1.54) is 24.3 Å². The van der Waals surface area contributed by atoms with E-state index in [0.717, 1.165) is 24.0 Å². The lowest BCUT2D eigenvalue weighted by Gasteiger charge is -2.48. The van der Waals surface area contributed by atoms with Gasteiger partial charge >= 0.3 is 5.97 Å². The van der Waals surface area contributed by atoms with Crippen molar-refractivity contribution in [2.24, 2.45) is 17.3 Å². The monoisotopic (exact) mass is 452 g/mol. The van der Waals surface area contributed by atoms with Crippen LogP contribution in [0.5, 0.6) is 0 Å². The molecule has 2 aliphatic rings. The molecule has 3 atom stereocenters. The number of Topliss-reactive ketones (excluding diaryl/α,β-unsaturated/α-hetero) is 1. The Morgan fingerprint density at radius 3 is 2.36 bits per heavy atom. The molecule has 2 rings (SSSR count). The fraction of sp³-hybridized carbons (Fsp3) is 0.552. The molecule has 0 aromatic rings. The lowest BCUT2D eigenvalue weighted by Crippen LogP contribution is -2.53. The van der Waals surface area contributed by atoms with E-state index in [4.69, 9.17) is 4.74 Å². The summed E-state index contributed by atoms with van der Waals surface area (Å²) >= 11 is 0. The summed E-state index contributed by atoms with van der Waals surface area (Å²) in [5, 5.41) is 0. The number of rotatable bonds is 9. The number of hydrogen-bond acceptors (Lipinski definition) is 4. The Kier molecular flexibility index (Phi) is 9.39. The lowest BCUT2D eigenvalue weighted by molar-refractivity contribution is -0.153. The van der Waals surface area contributed by atoms with Crippen molar-refractivity contribution in [2.75, 3.05) is 7.11 Å². The molecule has 0 spiro atoms. The second-order valence-electron chi connectivity index (χ2n) is 10.1. The third-order valence-corrected chi connectivity index (χ3v) is 7.05. The minimum atomic E-state index is -1.07. The van der Waals surface area contributed by atoms with Crippen molar-refractivity contribution in [3.63, 3.8) is 0 Å². The summed E-state index contributed by atoms with van der Waals surface area (Å²) in [6, 6.07) is 0. The van der Waals surface area contributed by atoms with Crippen LogP contribution in [0.1, 0.15) is 80.1 Å². The highest BCUT2D eigenvalue weighted by molar-refractivity contribution is 6.14. The predicted octanol–water partition coefficient (Wildman–Crippen LogP) is 6.64. The fourth-order valence-electron chi connectivity index (χ4n) is 5.11. The second-order valence-corrected chi connectivity index (χ2v) is 10.1. The van der Waals surface area contributed by atoms with E-state index < -0.39 is 17.3 Å². The van der Waals surface area contributed by atoms with Gasteiger partial charge < -0.3 is 4.74 Å². The fourth-order valence-corrected chi connectivity index (χ4v) is 5.11. The van der Waals surface area contributed by atoms with Crippen LogP contribution in [0.2, 0.25) is 0 Å². The van der Waals surface area contributed by atoms with E-state index in [-0.39, 0.29) is 23.9 Å². The van der Waals surface area contributed by atoms with Crippen LogP contribution in [-0.2, 0) is 19.1 Å². The molecule has 0 aromatic carbocycles. The minimum Gasteiger partial charge on any atom is -0.469 e. The summed E-state index contributed by atoms with van der Waals surface area (Å²) in [6.07, 6.45) is 13.4. The Morgan fingerprint density at radius 1 is 1.09 bits per heavy atom. The van der Waals surface area contributed by atoms with Gasteiger partial charge in [-0.2, -0.15) is 0 Å². The number of esters is 1. The largest absolute Gasteiger partial charge is 0.469 e. The topological polar surface area (TPSA) is 60.4 Å². The van der Waals surface area contributed by atoms with E-state index in [1.807, 2.05) is 20.8 Å². The number of ketones is 2. The zero-order valence-corrected chi connectivity index (χ0v) is 21.4. The maximum Gasteiger partial charge on any atom is 0.306 e. The minimum absolute atomic E-state index is 0.00204. The number of fused-ring (bicyclic) bond motifs is 1. The Labute approximate surface area is 199 Å². The van der Waals surface area contributed by atoms with Crippen molar-refractivity contribution >= 4 is 17.5 Å². The highest BCUT2D eigenvalue weighted by atomic mass is 16.5. The van der Waals surface area contributed by atoms with Gasteiger partial charge in [0.25, 0.3) is 0 Å². The molecule has 0 fully saturated rings. The molecular weight excluding hydrogens is 412 g/mol. The number of ether oxygens (including phenoxy) is 1. The number of methoxy groups -OCH3 is 1. The molecule has 0 saturated carbocycles. The average molecular weight is 453 g/mol. The van der Waals surface area contributed by atoms with Crippen LogP contribution >= 0.6 is 0 Å². The van der Waals surface area contributed by atoms with Crippen LogP contribution < -0.4 is 0 Å². The van der Waals surface area contributed by atoms with E-state index in [9.17, 15) is 14.4 Å². The molecule has 0 amide bonds. The zero-order valence-electron chi connectivity index (χ0n) is 21.4. The number of hydrogen-bond donors (Lipinski definition) is 0. The first-order valence-electron chi connectivity index (χ1n) is 12.0. The van der Waals surface area contributed by atoms with Crippen molar-refractivity contribution in [3.05, 3.63) is 58.2 Å². The summed E-state index contributed by atoms with van der Waals surface area (Å²) in [5.41, 5.74) is 4.21. The highest BCUT2D eigenvalue weighted by Gasteiger charge is 2.57. The van der Waals surface area contributed by atoms with Crippen LogP contribution in [0, 0.1) is 17.3 Å². The molecule has 0 heterocycles. The van der Waals surface area contributed by atoms with Crippen LogP contribution in [0.3, 0.4) is 0 Å². The van der Waals surface area contributed by atoms with E-state index in [1.54, 1.807) is 0 Å². The predicted molar refractivity (Wildman–Crippen MR) is 134 cm³/mol. The van der Waals surface area contributed by atoms with Crippen molar-refractivity contribution < 1.29 is 19.1 Å². The van der Waals surface area contributed by atoms with Gasteiger partial charge in [-0.25, -0.2) is 0 Å². The molecule has 2 aliphatic carbocycles. The number of carbonyl (C=O) groups is 3. The van der Waals surface area contributed by atoms with Gasteiger partial charge in [-0.15, -0.1) is 0 Å². The van der Waals surface area contributed by atoms with Crippen molar-refractivity contribution in [2.45, 2.75) is 80.1 Å². The summed E-state index contributed by atoms with van der Waals surface area (Å²) < 4.78 is 4.98. The zero-order chi connectivity index (χ0) is 24.8. The molecular formula is C29H40O4. The molecule has 0 aliphatic heterocycles. The number of carbonyl (C=O) groups excluding carboxylic acids is 3. The molecule has 0 N–H and O–H groups in total. The molecule has 0 bridgehead atoms. The van der Waals surface area contributed by atoms with Crippen LogP contribution in [0.25, 0.3) is 0 Å². The molecule has 0 aromatic heterocycles. The van der Waals surface area contributed by atoms with Gasteiger partial charge in [0.05, 0.1) is 18.9 Å². The van der Waals surface area contributed by atoms with Gasteiger partial charge in [-0.1, -0.05) is 46.6 Å². The first kappa shape index (κ1) is 26.8. The second kappa shape index (κ2) is 11.6. The maximum atomic E-state index is 13.7. The highest BCUT2D eigenvalue weighted by Crippen LogP contribution is 2.54. The van der Waals surface area contributed by atoms with E-state index >= 15 is 0 Å². The molecule has 0 saturated heterocycles. The van der Waals surface area contributed by atoms with Gasteiger partial charge in [-0.3, -0.25) is 14.4 Å². The quantitative estimate of drug-likeness (QED) is 0.291. The Hall–Kier alpha value is -2.49. The third-order valence-electron chi connectivity index (χ3n) is 7.05. The maximum absolute atomic E-state index is 13.7. The molecule has 33 heavy (non-hydrogen) atoms. The van der Waals surface area contributed by atoms with Gasteiger partial charge in [-0.05, 0) is 85.6 Å². The Balaban J connectivity index is 2.42. The third kappa shape index (κ3) is 6.31. The summed E-state index contributed by atoms with van der Waals surface area (Å²) in [6.45, 7) is 12.3. The summed E-state index contributed by atoms with van der Waals surface area (Å²) in [4.78, 5) is 39.8. The standard InChI is InChI=1S/C29H40O4/c1-19(2)9-8-10-21(5)12-14-23-17-26(30)29(18-27(31)33-7)24(15-11-20(3)4)22(6)13-16-25(29)28(23)32/h9,11-13,17,24-25H,8,10,14-16,18H2,1-7H3/b21-12+/t24-,25-,29+/m1/s1. The smallest absolute Gasteiger partial charge is 0.306 e. The van der Waals surface area contributed by atoms with E-state index in [2.05, 4.69) is 45.1 Å². The summed E-state index contributed by atoms with van der Waals surface area (Å²) in [7, 11) is 1.34. The molecule has 4 heteroatoms. The van der Waals surface area contributed by atoms with E-state index in [0.29, 0.717) is 24.8 Å². The Morgan fingerprint density at radius 2 is 1.76 bits per heavy atom. The average Bonchev–Trinajstić information content (AvgIpc) is 2.74. The van der Waals surface area contributed by atoms with Crippen LogP contribution in [-0.4, -0.2) is 24.6 Å². The van der Waals surface area contributed by atoms with Crippen molar-refractivity contribution in [3.8, 4) is 0 Å². The molecule has 0 radical (unpaired) electrons. The first-order valence-corrected chi connectivity index (χ1v) is 12.0. The van der Waals surface area contributed by atoms with Gasteiger partial charge in [0, 0.05) is 11.5 Å². The number of allylic oxidation sites excluding steroid dienone is 10. The molecule has 0 unspecified atom stereocenters. The van der Waals surface area contributed by atoms with Crippen LogP contribution in [0.15, 0.2) is 58.2 Å². The first-order chi connectivity index (χ1) is 15.5. The van der Waals surface area contributed by atoms with Crippen LogP contribution in [0.4, 0.5) is 0 Å². The molecule has 4 nitrogen and oxygen atoms in total. The van der Waals surface area contributed by atoms with Crippen molar-refractivity contribution in [1.29, 1.82) is 0 Å². The lowest BCUT2D eigenvalue weighted by atomic mass is 9.52. The molecule has 180 valence electrons. The van der Waals surface area contributed by atoms with Gasteiger partial charge in [0.2, 0.25) is 0 Å².